The van der Waals surface area contributed by atoms with Crippen LogP contribution in [-0.4, -0.2) is 46.2 Å². The number of fused-ring (bicyclic) bond motifs is 2. The Morgan fingerprint density at radius 3 is 2.88 bits per heavy atom. The summed E-state index contributed by atoms with van der Waals surface area (Å²) in [6.07, 6.45) is 7.50. The van der Waals surface area contributed by atoms with Crippen LogP contribution in [0.15, 0.2) is 29.4 Å². The van der Waals surface area contributed by atoms with Gasteiger partial charge in [0.05, 0.1) is 11.3 Å². The van der Waals surface area contributed by atoms with Crippen LogP contribution in [0, 0.1) is 5.92 Å². The molecule has 1 N–H and O–H groups in total. The Bertz CT molecular complexity index is 794. The maximum Gasteiger partial charge on any atom is 0.233 e. The van der Waals surface area contributed by atoms with Crippen molar-refractivity contribution in [3.63, 3.8) is 0 Å². The summed E-state index contributed by atoms with van der Waals surface area (Å²) in [7, 11) is 1.87. The molecule has 6 heteroatoms. The van der Waals surface area contributed by atoms with Gasteiger partial charge in [-0.3, -0.25) is 4.79 Å². The SMILES string of the molecule is CNc1nc(SCC(=O)N2CCC[C@@H]3CCCC[C@H]32)nc2ccccc12. The molecule has 5 nitrogen and oxygen atoms in total. The zero-order chi connectivity index (χ0) is 17.9. The number of hydrogen-bond donors (Lipinski definition) is 1. The molecular formula is C20H26N4OS. The fraction of sp³-hybridized carbons (Fsp3) is 0.550. The minimum absolute atomic E-state index is 0.245. The number of anilines is 1. The molecule has 0 radical (unpaired) electrons. The van der Waals surface area contributed by atoms with E-state index < -0.39 is 0 Å². The van der Waals surface area contributed by atoms with Crippen LogP contribution in [0.5, 0.6) is 0 Å². The molecule has 138 valence electrons. The molecule has 1 aromatic carbocycles. The molecule has 2 heterocycles. The molecule has 1 saturated carbocycles. The molecule has 2 fully saturated rings. The van der Waals surface area contributed by atoms with Gasteiger partial charge >= 0.3 is 0 Å². The average Bonchev–Trinajstić information content (AvgIpc) is 2.70. The van der Waals surface area contributed by atoms with Crippen LogP contribution < -0.4 is 5.32 Å². The smallest absolute Gasteiger partial charge is 0.233 e. The lowest BCUT2D eigenvalue weighted by atomic mass is 9.78. The molecule has 1 aliphatic carbocycles. The number of nitrogens with zero attached hydrogens (tertiary/aromatic N) is 3. The van der Waals surface area contributed by atoms with E-state index in [1.165, 1.54) is 43.9 Å². The van der Waals surface area contributed by atoms with E-state index in [1.54, 1.807) is 0 Å². The number of amides is 1. The highest BCUT2D eigenvalue weighted by Crippen LogP contribution is 2.35. The fourth-order valence-electron chi connectivity index (χ4n) is 4.45. The first-order valence-corrected chi connectivity index (χ1v) is 10.6. The second-order valence-corrected chi connectivity index (χ2v) is 8.19. The largest absolute Gasteiger partial charge is 0.372 e. The van der Waals surface area contributed by atoms with E-state index >= 15 is 0 Å². The Hall–Kier alpha value is -1.82. The summed E-state index contributed by atoms with van der Waals surface area (Å²) in [6, 6.07) is 8.43. The Labute approximate surface area is 159 Å². The van der Waals surface area contributed by atoms with Crippen LogP contribution in [0.25, 0.3) is 10.9 Å². The van der Waals surface area contributed by atoms with Gasteiger partial charge in [0, 0.05) is 25.0 Å². The number of hydrogen-bond acceptors (Lipinski definition) is 5. The van der Waals surface area contributed by atoms with E-state index in [-0.39, 0.29) is 5.91 Å². The van der Waals surface area contributed by atoms with E-state index in [1.807, 2.05) is 31.3 Å². The summed E-state index contributed by atoms with van der Waals surface area (Å²) in [5.74, 6) is 2.20. The lowest BCUT2D eigenvalue weighted by molar-refractivity contribution is -0.134. The van der Waals surface area contributed by atoms with Crippen molar-refractivity contribution in [3.8, 4) is 0 Å². The first kappa shape index (κ1) is 17.6. The zero-order valence-electron chi connectivity index (χ0n) is 15.3. The summed E-state index contributed by atoms with van der Waals surface area (Å²) >= 11 is 1.45. The third-order valence-corrected chi connectivity index (χ3v) is 6.54. The van der Waals surface area contributed by atoms with Gasteiger partial charge in [-0.1, -0.05) is 36.7 Å². The number of para-hydroxylation sites is 1. The van der Waals surface area contributed by atoms with Gasteiger partial charge in [-0.25, -0.2) is 9.97 Å². The number of rotatable bonds is 4. The molecule has 1 aliphatic heterocycles. The number of thioether (sulfide) groups is 1. The molecule has 1 saturated heterocycles. The first-order chi connectivity index (χ1) is 12.8. The molecule has 1 amide bonds. The highest BCUT2D eigenvalue weighted by molar-refractivity contribution is 7.99. The van der Waals surface area contributed by atoms with Crippen molar-refractivity contribution < 1.29 is 4.79 Å². The first-order valence-electron chi connectivity index (χ1n) is 9.63. The summed E-state index contributed by atoms with van der Waals surface area (Å²) < 4.78 is 0. The van der Waals surface area contributed by atoms with Crippen molar-refractivity contribution in [1.29, 1.82) is 0 Å². The molecule has 0 unspecified atom stereocenters. The lowest BCUT2D eigenvalue weighted by Crippen LogP contribution is -2.50. The average molecular weight is 371 g/mol. The molecular weight excluding hydrogens is 344 g/mol. The molecule has 2 atom stereocenters. The van der Waals surface area contributed by atoms with Crippen molar-refractivity contribution in [1.82, 2.24) is 14.9 Å². The lowest BCUT2D eigenvalue weighted by Gasteiger charge is -2.44. The molecule has 1 aromatic heterocycles. The van der Waals surface area contributed by atoms with Gasteiger partial charge < -0.3 is 10.2 Å². The second kappa shape index (κ2) is 7.82. The van der Waals surface area contributed by atoms with Crippen LogP contribution in [-0.2, 0) is 4.79 Å². The van der Waals surface area contributed by atoms with E-state index in [4.69, 9.17) is 0 Å². The summed E-state index contributed by atoms with van der Waals surface area (Å²) in [4.78, 5) is 24.2. The zero-order valence-corrected chi connectivity index (χ0v) is 16.1. The standard InChI is InChI=1S/C20H26N4OS/c1-21-19-15-9-3-4-10-16(15)22-20(23-19)26-13-18(25)24-12-6-8-14-7-2-5-11-17(14)24/h3-4,9-10,14,17H,2,5-8,11-13H2,1H3,(H,21,22,23)/t14-,17+/m0/s1. The maximum atomic E-state index is 12.9. The topological polar surface area (TPSA) is 58.1 Å². The van der Waals surface area contributed by atoms with Crippen molar-refractivity contribution >= 4 is 34.4 Å². The number of carbonyl (C=O) groups is 1. The normalized spacial score (nSPS) is 22.9. The van der Waals surface area contributed by atoms with Crippen molar-refractivity contribution in [2.75, 3.05) is 24.7 Å². The van der Waals surface area contributed by atoms with Gasteiger partial charge in [-0.05, 0) is 43.7 Å². The maximum absolute atomic E-state index is 12.9. The third kappa shape index (κ3) is 3.52. The Balaban J connectivity index is 1.46. The number of benzene rings is 1. The van der Waals surface area contributed by atoms with Crippen LogP contribution in [0.2, 0.25) is 0 Å². The predicted molar refractivity (Wildman–Crippen MR) is 107 cm³/mol. The summed E-state index contributed by atoms with van der Waals surface area (Å²) in [6.45, 7) is 0.918. The van der Waals surface area contributed by atoms with Crippen LogP contribution in [0.1, 0.15) is 38.5 Å². The van der Waals surface area contributed by atoms with Crippen molar-refractivity contribution in [2.24, 2.45) is 5.92 Å². The molecule has 2 aliphatic rings. The van der Waals surface area contributed by atoms with Gasteiger partial charge in [0.15, 0.2) is 5.16 Å². The van der Waals surface area contributed by atoms with Crippen LogP contribution in [0.3, 0.4) is 0 Å². The monoisotopic (exact) mass is 370 g/mol. The predicted octanol–water partition coefficient (Wildman–Crippen LogP) is 3.94. The van der Waals surface area contributed by atoms with E-state index in [0.29, 0.717) is 17.0 Å². The quantitative estimate of drug-likeness (QED) is 0.652. The van der Waals surface area contributed by atoms with E-state index in [2.05, 4.69) is 20.2 Å². The molecule has 4 rings (SSSR count). The Kier molecular flexibility index (Phi) is 5.29. The molecule has 0 spiro atoms. The number of piperidine rings is 1. The van der Waals surface area contributed by atoms with Crippen molar-refractivity contribution in [3.05, 3.63) is 24.3 Å². The fourth-order valence-corrected chi connectivity index (χ4v) is 5.19. The summed E-state index contributed by atoms with van der Waals surface area (Å²) in [5.41, 5.74) is 0.909. The second-order valence-electron chi connectivity index (χ2n) is 7.25. The van der Waals surface area contributed by atoms with Crippen LogP contribution >= 0.6 is 11.8 Å². The van der Waals surface area contributed by atoms with Gasteiger partial charge in [-0.15, -0.1) is 0 Å². The van der Waals surface area contributed by atoms with Gasteiger partial charge in [0.1, 0.15) is 5.82 Å². The van der Waals surface area contributed by atoms with Gasteiger partial charge in [0.25, 0.3) is 0 Å². The third-order valence-electron chi connectivity index (χ3n) is 5.71. The number of aromatic nitrogens is 2. The highest BCUT2D eigenvalue weighted by atomic mass is 32.2. The van der Waals surface area contributed by atoms with Crippen molar-refractivity contribution in [2.45, 2.75) is 49.7 Å². The molecule has 0 bridgehead atoms. The number of likely N-dealkylation sites (tertiary alicyclic amines) is 1. The number of nitrogens with one attached hydrogen (secondary N) is 1. The molecule has 26 heavy (non-hydrogen) atoms. The van der Waals surface area contributed by atoms with E-state index in [0.717, 1.165) is 35.6 Å². The van der Waals surface area contributed by atoms with Gasteiger partial charge in [-0.2, -0.15) is 0 Å². The van der Waals surface area contributed by atoms with Crippen LogP contribution in [0.4, 0.5) is 5.82 Å². The van der Waals surface area contributed by atoms with Gasteiger partial charge in [0.2, 0.25) is 5.91 Å². The molecule has 2 aromatic rings. The minimum Gasteiger partial charge on any atom is -0.372 e. The summed E-state index contributed by atoms with van der Waals surface area (Å²) in [5, 5.41) is 4.81. The number of carbonyl (C=O) groups excluding carboxylic acids is 1. The Morgan fingerprint density at radius 1 is 1.19 bits per heavy atom. The Morgan fingerprint density at radius 2 is 2.00 bits per heavy atom. The minimum atomic E-state index is 0.245. The highest BCUT2D eigenvalue weighted by Gasteiger charge is 2.35. The van der Waals surface area contributed by atoms with E-state index in [9.17, 15) is 4.79 Å².